The molecular formula is C31H30BrN3O4. The number of rotatable bonds is 8. The van der Waals surface area contributed by atoms with Gasteiger partial charge < -0.3 is 25.0 Å². The molecule has 2 aliphatic rings. The molecule has 0 spiro atoms. The molecule has 5 unspecified atom stereocenters. The van der Waals surface area contributed by atoms with Gasteiger partial charge >= 0.3 is 0 Å². The van der Waals surface area contributed by atoms with Crippen molar-refractivity contribution in [2.75, 3.05) is 20.3 Å². The van der Waals surface area contributed by atoms with Crippen LogP contribution in [0.5, 0.6) is 11.5 Å². The van der Waals surface area contributed by atoms with Gasteiger partial charge in [0.1, 0.15) is 17.1 Å². The van der Waals surface area contributed by atoms with E-state index in [0.717, 1.165) is 21.2 Å². The van der Waals surface area contributed by atoms with Gasteiger partial charge in [0, 0.05) is 54.3 Å². The Kier molecular flexibility index (Phi) is 6.89. The monoisotopic (exact) mass is 587 g/mol. The second-order valence-electron chi connectivity index (χ2n) is 10.2. The fraction of sp³-hybridized carbons (Fsp3) is 0.290. The number of aromatic nitrogens is 2. The highest BCUT2D eigenvalue weighted by atomic mass is 79.9. The Hall–Kier alpha value is -3.30. The molecule has 2 aromatic carbocycles. The first-order valence-electron chi connectivity index (χ1n) is 13.0. The molecule has 7 nitrogen and oxygen atoms in total. The van der Waals surface area contributed by atoms with E-state index in [-0.39, 0.29) is 18.4 Å². The van der Waals surface area contributed by atoms with E-state index in [1.807, 2.05) is 66.7 Å². The molecule has 3 N–H and O–H groups in total. The van der Waals surface area contributed by atoms with Gasteiger partial charge in [0.2, 0.25) is 0 Å². The zero-order valence-corrected chi connectivity index (χ0v) is 23.1. The third-order valence-corrected chi connectivity index (χ3v) is 8.85. The lowest BCUT2D eigenvalue weighted by molar-refractivity contribution is -0.128. The molecule has 1 saturated carbocycles. The first kappa shape index (κ1) is 26.0. The summed E-state index contributed by atoms with van der Waals surface area (Å²) in [6.45, 7) is 0.892. The molecule has 3 heterocycles. The SMILES string of the molecule is COc1cncc2c1C1(O)C(CNCc3ccncc3)C(CO)C(c3ccccc3)C1(c1ccc(Br)cc1)O2. The van der Waals surface area contributed by atoms with Crippen LogP contribution in [0.1, 0.15) is 28.2 Å². The molecule has 39 heavy (non-hydrogen) atoms. The summed E-state index contributed by atoms with van der Waals surface area (Å²) in [5.74, 6) is -0.206. The second kappa shape index (κ2) is 10.4. The van der Waals surface area contributed by atoms with Crippen molar-refractivity contribution < 1.29 is 19.7 Å². The van der Waals surface area contributed by atoms with Gasteiger partial charge in [-0.2, -0.15) is 0 Å². The molecule has 0 amide bonds. The molecule has 5 atom stereocenters. The van der Waals surface area contributed by atoms with E-state index < -0.39 is 17.1 Å². The molecule has 1 aliphatic heterocycles. The van der Waals surface area contributed by atoms with E-state index in [0.29, 0.717) is 30.2 Å². The lowest BCUT2D eigenvalue weighted by Gasteiger charge is -2.42. The number of aliphatic hydroxyl groups excluding tert-OH is 1. The van der Waals surface area contributed by atoms with Crippen LogP contribution in [-0.2, 0) is 17.7 Å². The van der Waals surface area contributed by atoms with Gasteiger partial charge in [0.25, 0.3) is 0 Å². The Labute approximate surface area is 236 Å². The van der Waals surface area contributed by atoms with Crippen LogP contribution >= 0.6 is 15.9 Å². The number of hydrogen-bond acceptors (Lipinski definition) is 7. The van der Waals surface area contributed by atoms with Gasteiger partial charge in [0.05, 0.1) is 25.1 Å². The average molecular weight is 589 g/mol. The normalized spacial score (nSPS) is 27.0. The summed E-state index contributed by atoms with van der Waals surface area (Å²) in [5, 5.41) is 27.8. The highest BCUT2D eigenvalue weighted by Crippen LogP contribution is 2.71. The maximum atomic E-state index is 13.3. The van der Waals surface area contributed by atoms with Crippen molar-refractivity contribution in [3.8, 4) is 11.5 Å². The lowest BCUT2D eigenvalue weighted by atomic mass is 9.70. The van der Waals surface area contributed by atoms with Crippen LogP contribution in [0, 0.1) is 11.8 Å². The maximum absolute atomic E-state index is 13.3. The zero-order chi connectivity index (χ0) is 27.0. The summed E-state index contributed by atoms with van der Waals surface area (Å²) in [6.07, 6.45) is 6.79. The van der Waals surface area contributed by atoms with Gasteiger partial charge in [-0.15, -0.1) is 0 Å². The van der Waals surface area contributed by atoms with Crippen molar-refractivity contribution in [2.24, 2.45) is 11.8 Å². The maximum Gasteiger partial charge on any atom is 0.174 e. The quantitative estimate of drug-likeness (QED) is 0.278. The fourth-order valence-electron chi connectivity index (χ4n) is 6.78. The molecule has 0 bridgehead atoms. The van der Waals surface area contributed by atoms with Crippen molar-refractivity contribution in [3.63, 3.8) is 0 Å². The van der Waals surface area contributed by atoms with Crippen LogP contribution in [0.15, 0.2) is 96.0 Å². The number of aliphatic hydroxyl groups is 2. The third kappa shape index (κ3) is 3.97. The Morgan fingerprint density at radius 2 is 1.74 bits per heavy atom. The molecule has 4 aromatic rings. The smallest absolute Gasteiger partial charge is 0.174 e. The molecule has 8 heteroatoms. The number of halogens is 1. The van der Waals surface area contributed by atoms with Gasteiger partial charge in [0.15, 0.2) is 5.60 Å². The molecule has 200 valence electrons. The summed E-state index contributed by atoms with van der Waals surface area (Å²) in [7, 11) is 1.57. The predicted octanol–water partition coefficient (Wildman–Crippen LogP) is 4.54. The molecule has 1 fully saturated rings. The number of pyridine rings is 2. The zero-order valence-electron chi connectivity index (χ0n) is 21.5. The Morgan fingerprint density at radius 3 is 2.44 bits per heavy atom. The van der Waals surface area contributed by atoms with Gasteiger partial charge in [-0.1, -0.05) is 58.4 Å². The molecule has 2 aromatic heterocycles. The van der Waals surface area contributed by atoms with E-state index >= 15 is 0 Å². The predicted molar refractivity (Wildman–Crippen MR) is 150 cm³/mol. The van der Waals surface area contributed by atoms with Gasteiger partial charge in [-0.05, 0) is 41.0 Å². The van der Waals surface area contributed by atoms with Crippen LogP contribution in [-0.4, -0.2) is 40.4 Å². The van der Waals surface area contributed by atoms with Crippen LogP contribution in [0.3, 0.4) is 0 Å². The van der Waals surface area contributed by atoms with Gasteiger partial charge in [-0.3, -0.25) is 9.97 Å². The van der Waals surface area contributed by atoms with E-state index in [2.05, 4.69) is 31.2 Å². The molecular weight excluding hydrogens is 558 g/mol. The van der Waals surface area contributed by atoms with Crippen molar-refractivity contribution in [3.05, 3.63) is 118 Å². The van der Waals surface area contributed by atoms with Crippen LogP contribution in [0.4, 0.5) is 0 Å². The molecule has 0 saturated heterocycles. The Morgan fingerprint density at radius 1 is 1.00 bits per heavy atom. The van der Waals surface area contributed by atoms with Gasteiger partial charge in [-0.25, -0.2) is 0 Å². The minimum absolute atomic E-state index is 0.131. The number of ether oxygens (including phenoxy) is 2. The Balaban J connectivity index is 1.57. The second-order valence-corrected chi connectivity index (χ2v) is 11.1. The minimum Gasteiger partial charge on any atom is -0.495 e. The van der Waals surface area contributed by atoms with E-state index in [1.165, 1.54) is 0 Å². The third-order valence-electron chi connectivity index (χ3n) is 8.32. The highest BCUT2D eigenvalue weighted by Gasteiger charge is 2.76. The van der Waals surface area contributed by atoms with Crippen LogP contribution < -0.4 is 14.8 Å². The number of nitrogens with one attached hydrogen (secondary N) is 1. The van der Waals surface area contributed by atoms with E-state index in [4.69, 9.17) is 9.47 Å². The number of fused-ring (bicyclic) bond motifs is 3. The number of methoxy groups -OCH3 is 1. The summed E-state index contributed by atoms with van der Waals surface area (Å²) in [6, 6.07) is 21.8. The number of hydrogen-bond donors (Lipinski definition) is 3. The Bertz CT molecular complexity index is 1440. The van der Waals surface area contributed by atoms with Crippen molar-refractivity contribution in [1.82, 2.24) is 15.3 Å². The number of nitrogens with zero attached hydrogens (tertiary/aromatic N) is 2. The van der Waals surface area contributed by atoms with Crippen LogP contribution in [0.2, 0.25) is 0 Å². The summed E-state index contributed by atoms with van der Waals surface area (Å²) < 4.78 is 13.6. The topological polar surface area (TPSA) is 96.7 Å². The molecule has 0 radical (unpaired) electrons. The minimum atomic E-state index is -1.55. The molecule has 6 rings (SSSR count). The number of benzene rings is 2. The van der Waals surface area contributed by atoms with Crippen LogP contribution in [0.25, 0.3) is 0 Å². The average Bonchev–Trinajstić information content (AvgIpc) is 3.36. The standard InChI is InChI=1S/C31H30BrN3O4/c1-38-26-17-35-18-27-29(26)30(37)25(16-34-15-20-11-13-33-14-12-20)24(19-36)28(21-5-3-2-4-6-21)31(30,39-27)22-7-9-23(32)10-8-22/h2-14,17-18,24-25,28,34,36-37H,15-16,19H2,1H3. The molecule has 1 aliphatic carbocycles. The first-order chi connectivity index (χ1) is 19.0. The highest BCUT2D eigenvalue weighted by molar-refractivity contribution is 9.10. The van der Waals surface area contributed by atoms with Crippen molar-refractivity contribution in [2.45, 2.75) is 23.7 Å². The summed E-state index contributed by atoms with van der Waals surface area (Å²) >= 11 is 3.55. The first-order valence-corrected chi connectivity index (χ1v) is 13.8. The van der Waals surface area contributed by atoms with Crippen molar-refractivity contribution >= 4 is 15.9 Å². The largest absolute Gasteiger partial charge is 0.495 e. The van der Waals surface area contributed by atoms with Crippen molar-refractivity contribution in [1.29, 1.82) is 0 Å². The fourth-order valence-corrected chi connectivity index (χ4v) is 7.04. The van der Waals surface area contributed by atoms with E-state index in [9.17, 15) is 10.2 Å². The summed E-state index contributed by atoms with van der Waals surface area (Å²) in [4.78, 5) is 8.46. The lowest BCUT2D eigenvalue weighted by Crippen LogP contribution is -2.52. The van der Waals surface area contributed by atoms with E-state index in [1.54, 1.807) is 31.9 Å². The summed E-state index contributed by atoms with van der Waals surface area (Å²) in [5.41, 5.74) is 0.646.